The van der Waals surface area contributed by atoms with Gasteiger partial charge in [-0.15, -0.1) is 0 Å². The number of carbonyl (C=O) groups is 2. The minimum atomic E-state index is -0.332. The van der Waals surface area contributed by atoms with Gasteiger partial charge in [-0.25, -0.2) is 0 Å². The standard InChI is InChI=1S/C27H25N3O3/c1-17-25(22-10-6-7-11-23(22)29(17)2)26-20-8-4-5-9-21(20)27(32)30(26)16-24(31)28-18-12-14-19(33-3)15-13-18/h4-15,26H,16H2,1-3H3,(H,28,31)/t26-/m0/s1. The summed E-state index contributed by atoms with van der Waals surface area (Å²) < 4.78 is 7.32. The molecule has 1 atom stereocenters. The van der Waals surface area contributed by atoms with Crippen LogP contribution in [0.3, 0.4) is 0 Å². The topological polar surface area (TPSA) is 63.6 Å². The number of rotatable bonds is 5. The van der Waals surface area contributed by atoms with E-state index in [2.05, 4.69) is 28.9 Å². The van der Waals surface area contributed by atoms with Crippen LogP contribution < -0.4 is 10.1 Å². The molecule has 0 bridgehead atoms. The van der Waals surface area contributed by atoms with Crippen molar-refractivity contribution in [2.45, 2.75) is 13.0 Å². The normalized spacial score (nSPS) is 15.1. The number of fused-ring (bicyclic) bond motifs is 2. The summed E-state index contributed by atoms with van der Waals surface area (Å²) in [5, 5.41) is 3.99. The summed E-state index contributed by atoms with van der Waals surface area (Å²) in [5.74, 6) is 0.335. The molecule has 166 valence electrons. The molecule has 0 saturated heterocycles. The first-order valence-electron chi connectivity index (χ1n) is 10.9. The maximum absolute atomic E-state index is 13.4. The van der Waals surface area contributed by atoms with Crippen LogP contribution in [-0.4, -0.2) is 34.9 Å². The second-order valence-electron chi connectivity index (χ2n) is 8.27. The Morgan fingerprint density at radius 2 is 1.70 bits per heavy atom. The molecule has 2 heterocycles. The molecule has 4 aromatic rings. The van der Waals surface area contributed by atoms with Gasteiger partial charge in [0.1, 0.15) is 12.3 Å². The number of aromatic nitrogens is 1. The lowest BCUT2D eigenvalue weighted by Gasteiger charge is -2.26. The zero-order valence-corrected chi connectivity index (χ0v) is 18.8. The van der Waals surface area contributed by atoms with Crippen molar-refractivity contribution < 1.29 is 14.3 Å². The van der Waals surface area contributed by atoms with Crippen LogP contribution in [-0.2, 0) is 11.8 Å². The molecule has 1 aliphatic heterocycles. The van der Waals surface area contributed by atoms with Gasteiger partial charge in [-0.2, -0.15) is 0 Å². The van der Waals surface area contributed by atoms with Crippen molar-refractivity contribution in [1.82, 2.24) is 9.47 Å². The highest BCUT2D eigenvalue weighted by atomic mass is 16.5. The molecule has 0 spiro atoms. The number of methoxy groups -OCH3 is 1. The second-order valence-corrected chi connectivity index (χ2v) is 8.27. The molecule has 1 aromatic heterocycles. The summed E-state index contributed by atoms with van der Waals surface area (Å²) in [4.78, 5) is 28.1. The third kappa shape index (κ3) is 3.44. The van der Waals surface area contributed by atoms with E-state index in [9.17, 15) is 9.59 Å². The average Bonchev–Trinajstić information content (AvgIpc) is 3.25. The SMILES string of the molecule is COc1ccc(NC(=O)CN2C(=O)c3ccccc3[C@H]2c2c(C)n(C)c3ccccc23)cc1. The fourth-order valence-corrected chi connectivity index (χ4v) is 4.77. The minimum Gasteiger partial charge on any atom is -0.497 e. The second kappa shape index (κ2) is 8.13. The Bertz CT molecular complexity index is 1370. The van der Waals surface area contributed by atoms with E-state index in [1.165, 1.54) is 0 Å². The van der Waals surface area contributed by atoms with Crippen LogP contribution >= 0.6 is 0 Å². The van der Waals surface area contributed by atoms with Crippen molar-refractivity contribution >= 4 is 28.4 Å². The molecule has 0 unspecified atom stereocenters. The first-order valence-corrected chi connectivity index (χ1v) is 10.9. The van der Waals surface area contributed by atoms with Crippen LogP contribution in [0.4, 0.5) is 5.69 Å². The molecule has 5 rings (SSSR count). The fourth-order valence-electron chi connectivity index (χ4n) is 4.77. The number of para-hydroxylation sites is 1. The first kappa shape index (κ1) is 20.8. The summed E-state index contributed by atoms with van der Waals surface area (Å²) in [6.45, 7) is 2.02. The molecular formula is C27H25N3O3. The first-order chi connectivity index (χ1) is 16.0. The van der Waals surface area contributed by atoms with E-state index in [0.717, 1.165) is 27.7 Å². The minimum absolute atomic E-state index is 0.0487. The van der Waals surface area contributed by atoms with E-state index < -0.39 is 0 Å². The van der Waals surface area contributed by atoms with Crippen molar-refractivity contribution in [1.29, 1.82) is 0 Å². The fraction of sp³-hybridized carbons (Fsp3) is 0.185. The Morgan fingerprint density at radius 3 is 2.45 bits per heavy atom. The van der Waals surface area contributed by atoms with Gasteiger partial charge >= 0.3 is 0 Å². The zero-order chi connectivity index (χ0) is 23.1. The predicted molar refractivity (Wildman–Crippen MR) is 129 cm³/mol. The summed E-state index contributed by atoms with van der Waals surface area (Å²) >= 11 is 0. The number of carbonyl (C=O) groups excluding carboxylic acids is 2. The van der Waals surface area contributed by atoms with Gasteiger partial charge in [-0.05, 0) is 48.9 Å². The maximum atomic E-state index is 13.4. The van der Waals surface area contributed by atoms with Gasteiger partial charge in [0.05, 0.1) is 13.2 Å². The Morgan fingerprint density at radius 1 is 1.00 bits per heavy atom. The zero-order valence-electron chi connectivity index (χ0n) is 18.8. The van der Waals surface area contributed by atoms with E-state index in [4.69, 9.17) is 4.74 Å². The molecule has 0 fully saturated rings. The predicted octanol–water partition coefficient (Wildman–Crippen LogP) is 4.68. The van der Waals surface area contributed by atoms with Crippen LogP contribution in [0.15, 0.2) is 72.8 Å². The smallest absolute Gasteiger partial charge is 0.255 e. The molecule has 3 aromatic carbocycles. The molecule has 1 aliphatic rings. The number of hydrogen-bond acceptors (Lipinski definition) is 3. The lowest BCUT2D eigenvalue weighted by molar-refractivity contribution is -0.117. The van der Waals surface area contributed by atoms with E-state index >= 15 is 0 Å². The van der Waals surface area contributed by atoms with Gasteiger partial charge in [0.2, 0.25) is 5.91 Å². The number of nitrogens with one attached hydrogen (secondary N) is 1. The van der Waals surface area contributed by atoms with Gasteiger partial charge in [0, 0.05) is 40.5 Å². The van der Waals surface area contributed by atoms with Gasteiger partial charge in [0.15, 0.2) is 0 Å². The van der Waals surface area contributed by atoms with E-state index in [1.807, 2.05) is 43.4 Å². The van der Waals surface area contributed by atoms with Crippen molar-refractivity contribution in [2.75, 3.05) is 19.0 Å². The molecule has 0 radical (unpaired) electrons. The highest BCUT2D eigenvalue weighted by molar-refractivity contribution is 6.04. The van der Waals surface area contributed by atoms with Crippen LogP contribution in [0.2, 0.25) is 0 Å². The van der Waals surface area contributed by atoms with E-state index in [0.29, 0.717) is 17.0 Å². The number of aryl methyl sites for hydroxylation is 1. The number of hydrogen-bond donors (Lipinski definition) is 1. The summed E-state index contributed by atoms with van der Waals surface area (Å²) in [6.07, 6.45) is 0. The van der Waals surface area contributed by atoms with Gasteiger partial charge < -0.3 is 19.5 Å². The van der Waals surface area contributed by atoms with Crippen molar-refractivity contribution in [2.24, 2.45) is 7.05 Å². The van der Waals surface area contributed by atoms with Crippen molar-refractivity contribution in [3.8, 4) is 5.75 Å². The Hall–Kier alpha value is -4.06. The van der Waals surface area contributed by atoms with Gasteiger partial charge in [0.25, 0.3) is 5.91 Å². The highest BCUT2D eigenvalue weighted by Crippen LogP contribution is 2.43. The molecule has 1 N–H and O–H groups in total. The quantitative estimate of drug-likeness (QED) is 0.491. The molecular weight excluding hydrogens is 414 g/mol. The molecule has 2 amide bonds. The van der Waals surface area contributed by atoms with E-state index in [-0.39, 0.29) is 24.4 Å². The van der Waals surface area contributed by atoms with E-state index in [1.54, 1.807) is 36.3 Å². The Kier molecular flexibility index (Phi) is 5.13. The van der Waals surface area contributed by atoms with Crippen LogP contribution in [0.5, 0.6) is 5.75 Å². The summed E-state index contributed by atoms with van der Waals surface area (Å²) in [7, 11) is 3.63. The molecule has 6 heteroatoms. The third-order valence-electron chi connectivity index (χ3n) is 6.47. The Balaban J connectivity index is 1.53. The largest absolute Gasteiger partial charge is 0.497 e. The molecule has 0 aliphatic carbocycles. The number of benzene rings is 3. The van der Waals surface area contributed by atoms with Crippen LogP contribution in [0.1, 0.15) is 33.2 Å². The molecule has 0 saturated carbocycles. The maximum Gasteiger partial charge on any atom is 0.255 e. The van der Waals surface area contributed by atoms with Gasteiger partial charge in [-0.1, -0.05) is 36.4 Å². The number of ether oxygens (including phenoxy) is 1. The monoisotopic (exact) mass is 439 g/mol. The number of nitrogens with zero attached hydrogens (tertiary/aromatic N) is 2. The van der Waals surface area contributed by atoms with Crippen LogP contribution in [0.25, 0.3) is 10.9 Å². The van der Waals surface area contributed by atoms with Crippen molar-refractivity contribution in [3.05, 3.63) is 95.2 Å². The number of anilines is 1. The van der Waals surface area contributed by atoms with Crippen LogP contribution in [0, 0.1) is 6.92 Å². The lowest BCUT2D eigenvalue weighted by atomic mass is 9.95. The average molecular weight is 440 g/mol. The Labute approximate surface area is 192 Å². The summed E-state index contributed by atoms with van der Waals surface area (Å²) in [5.41, 5.74) is 5.47. The van der Waals surface area contributed by atoms with Crippen molar-refractivity contribution in [3.63, 3.8) is 0 Å². The number of amides is 2. The molecule has 6 nitrogen and oxygen atoms in total. The lowest BCUT2D eigenvalue weighted by Crippen LogP contribution is -2.36. The molecule has 33 heavy (non-hydrogen) atoms. The third-order valence-corrected chi connectivity index (χ3v) is 6.47. The highest BCUT2D eigenvalue weighted by Gasteiger charge is 2.40. The van der Waals surface area contributed by atoms with Gasteiger partial charge in [-0.3, -0.25) is 9.59 Å². The summed E-state index contributed by atoms with van der Waals surface area (Å²) in [6, 6.07) is 22.6.